The summed E-state index contributed by atoms with van der Waals surface area (Å²) in [5.74, 6) is 0.904. The number of hydrogen-bond donors (Lipinski definition) is 0. The Bertz CT molecular complexity index is 338. The van der Waals surface area contributed by atoms with Crippen LogP contribution in [0.15, 0.2) is 36.9 Å². The van der Waals surface area contributed by atoms with Gasteiger partial charge >= 0.3 is 0 Å². The van der Waals surface area contributed by atoms with E-state index in [2.05, 4.69) is 6.58 Å². The fourth-order valence-electron chi connectivity index (χ4n) is 1.37. The van der Waals surface area contributed by atoms with E-state index >= 15 is 0 Å². The van der Waals surface area contributed by atoms with E-state index < -0.39 is 0 Å². The highest BCUT2D eigenvalue weighted by Gasteiger charge is 1.99. The summed E-state index contributed by atoms with van der Waals surface area (Å²) in [5.41, 5.74) is 0.721. The Morgan fingerprint density at radius 1 is 1.29 bits per heavy atom. The zero-order valence-electron chi connectivity index (χ0n) is 9.74. The van der Waals surface area contributed by atoms with E-state index in [0.29, 0.717) is 6.61 Å². The molecule has 0 aromatic heterocycles. The number of carbonyl (C=O) groups excluding carboxylic acids is 1. The number of benzene rings is 1. The van der Waals surface area contributed by atoms with Crippen LogP contribution in [0.3, 0.4) is 0 Å². The molecule has 0 saturated carbocycles. The van der Waals surface area contributed by atoms with E-state index in [1.165, 1.54) is 0 Å². The van der Waals surface area contributed by atoms with Crippen molar-refractivity contribution in [2.75, 3.05) is 6.61 Å². The SMILES string of the molecule is C.C=CCCCCOc1ccc(C(C)=O)cc1. The average molecular weight is 234 g/mol. The summed E-state index contributed by atoms with van der Waals surface area (Å²) < 4.78 is 5.54. The van der Waals surface area contributed by atoms with Gasteiger partial charge in [-0.05, 0) is 50.5 Å². The highest BCUT2D eigenvalue weighted by molar-refractivity contribution is 5.94. The van der Waals surface area contributed by atoms with Gasteiger partial charge in [0, 0.05) is 5.56 Å². The summed E-state index contributed by atoms with van der Waals surface area (Å²) >= 11 is 0. The lowest BCUT2D eigenvalue weighted by molar-refractivity contribution is 0.101. The van der Waals surface area contributed by atoms with Gasteiger partial charge in [0.2, 0.25) is 0 Å². The molecule has 2 heteroatoms. The highest BCUT2D eigenvalue weighted by Crippen LogP contribution is 2.13. The van der Waals surface area contributed by atoms with E-state index in [1.54, 1.807) is 19.1 Å². The molecule has 1 aromatic carbocycles. The number of Topliss-reactive ketones (excluding diaryl/α,β-unsaturated/α-hetero) is 1. The number of ketones is 1. The maximum atomic E-state index is 11.0. The molecule has 0 heterocycles. The number of rotatable bonds is 7. The normalized spacial score (nSPS) is 9.24. The molecule has 1 rings (SSSR count). The minimum Gasteiger partial charge on any atom is -0.494 e. The molecule has 17 heavy (non-hydrogen) atoms. The fraction of sp³-hybridized carbons (Fsp3) is 0.400. The molecule has 0 N–H and O–H groups in total. The van der Waals surface area contributed by atoms with Crippen LogP contribution in [-0.4, -0.2) is 12.4 Å². The quantitative estimate of drug-likeness (QED) is 0.400. The molecule has 0 aliphatic heterocycles. The van der Waals surface area contributed by atoms with E-state index in [1.807, 2.05) is 18.2 Å². The van der Waals surface area contributed by atoms with Gasteiger partial charge in [0.05, 0.1) is 6.61 Å². The van der Waals surface area contributed by atoms with Crippen molar-refractivity contribution in [2.45, 2.75) is 33.6 Å². The Morgan fingerprint density at radius 3 is 2.47 bits per heavy atom. The molecule has 0 amide bonds. The smallest absolute Gasteiger partial charge is 0.159 e. The molecular weight excluding hydrogens is 212 g/mol. The van der Waals surface area contributed by atoms with E-state index in [9.17, 15) is 4.79 Å². The van der Waals surface area contributed by atoms with Crippen LogP contribution in [0, 0.1) is 0 Å². The second kappa shape index (κ2) is 8.57. The molecule has 0 bridgehead atoms. The molecule has 0 radical (unpaired) electrons. The summed E-state index contributed by atoms with van der Waals surface area (Å²) in [6.07, 6.45) is 5.09. The third kappa shape index (κ3) is 5.91. The van der Waals surface area contributed by atoms with Gasteiger partial charge in [-0.25, -0.2) is 0 Å². The number of unbranched alkanes of at least 4 members (excludes halogenated alkanes) is 2. The highest BCUT2D eigenvalue weighted by atomic mass is 16.5. The van der Waals surface area contributed by atoms with Crippen LogP contribution in [0.2, 0.25) is 0 Å². The van der Waals surface area contributed by atoms with Crippen LogP contribution in [0.25, 0.3) is 0 Å². The first-order valence-electron chi connectivity index (χ1n) is 5.58. The maximum Gasteiger partial charge on any atom is 0.159 e. The van der Waals surface area contributed by atoms with Crippen molar-refractivity contribution in [1.82, 2.24) is 0 Å². The Morgan fingerprint density at radius 2 is 1.94 bits per heavy atom. The third-order valence-electron chi connectivity index (χ3n) is 2.33. The minimum atomic E-state index is 0. The Kier molecular flexibility index (Phi) is 7.78. The largest absolute Gasteiger partial charge is 0.494 e. The van der Waals surface area contributed by atoms with Gasteiger partial charge in [0.15, 0.2) is 5.78 Å². The lowest BCUT2D eigenvalue weighted by atomic mass is 10.1. The van der Waals surface area contributed by atoms with Crippen LogP contribution in [0.4, 0.5) is 0 Å². The molecule has 0 unspecified atom stereocenters. The Labute approximate surface area is 104 Å². The minimum absolute atomic E-state index is 0. The zero-order valence-corrected chi connectivity index (χ0v) is 9.74. The first kappa shape index (κ1) is 15.4. The molecule has 0 fully saturated rings. The monoisotopic (exact) mass is 234 g/mol. The third-order valence-corrected chi connectivity index (χ3v) is 2.33. The molecule has 2 nitrogen and oxygen atoms in total. The molecule has 0 aliphatic rings. The maximum absolute atomic E-state index is 11.0. The van der Waals surface area contributed by atoms with Gasteiger partial charge in [-0.1, -0.05) is 13.5 Å². The molecule has 0 atom stereocenters. The number of carbonyl (C=O) groups is 1. The number of ether oxygens (including phenoxy) is 1. The van der Waals surface area contributed by atoms with Crippen LogP contribution in [0.1, 0.15) is 44.0 Å². The van der Waals surface area contributed by atoms with Crippen LogP contribution in [-0.2, 0) is 0 Å². The van der Waals surface area contributed by atoms with Crippen molar-refractivity contribution in [3.63, 3.8) is 0 Å². The van der Waals surface area contributed by atoms with Crippen molar-refractivity contribution >= 4 is 5.78 Å². The van der Waals surface area contributed by atoms with Gasteiger partial charge < -0.3 is 4.74 Å². The van der Waals surface area contributed by atoms with Crippen molar-refractivity contribution in [3.05, 3.63) is 42.5 Å². The van der Waals surface area contributed by atoms with E-state index in [-0.39, 0.29) is 13.2 Å². The summed E-state index contributed by atoms with van der Waals surface area (Å²) in [6.45, 7) is 5.95. The van der Waals surface area contributed by atoms with Crippen LogP contribution >= 0.6 is 0 Å². The summed E-state index contributed by atoms with van der Waals surface area (Å²) in [5, 5.41) is 0. The zero-order chi connectivity index (χ0) is 11.8. The Hall–Kier alpha value is -1.57. The predicted molar refractivity (Wildman–Crippen MR) is 72.7 cm³/mol. The first-order valence-corrected chi connectivity index (χ1v) is 5.58. The van der Waals surface area contributed by atoms with Gasteiger partial charge in [-0.15, -0.1) is 6.58 Å². The van der Waals surface area contributed by atoms with E-state index in [0.717, 1.165) is 30.6 Å². The fourth-order valence-corrected chi connectivity index (χ4v) is 1.37. The van der Waals surface area contributed by atoms with Gasteiger partial charge in [-0.3, -0.25) is 4.79 Å². The van der Waals surface area contributed by atoms with E-state index in [4.69, 9.17) is 4.74 Å². The van der Waals surface area contributed by atoms with Gasteiger partial charge in [-0.2, -0.15) is 0 Å². The molecule has 94 valence electrons. The molecule has 0 saturated heterocycles. The van der Waals surface area contributed by atoms with Gasteiger partial charge in [0.1, 0.15) is 5.75 Å². The standard InChI is InChI=1S/C14H18O2.CH4/c1-3-4-5-6-11-16-14-9-7-13(8-10-14)12(2)15;/h3,7-10H,1,4-6,11H2,2H3;1H4. The average Bonchev–Trinajstić information content (AvgIpc) is 2.29. The number of allylic oxidation sites excluding steroid dienone is 1. The van der Waals surface area contributed by atoms with Crippen LogP contribution in [0.5, 0.6) is 5.75 Å². The molecular formula is C15H22O2. The first-order chi connectivity index (χ1) is 7.74. The predicted octanol–water partition coefficient (Wildman–Crippen LogP) is 4.26. The molecule has 1 aromatic rings. The topological polar surface area (TPSA) is 26.3 Å². The summed E-state index contributed by atoms with van der Waals surface area (Å²) in [4.78, 5) is 11.0. The van der Waals surface area contributed by atoms with Crippen molar-refractivity contribution in [1.29, 1.82) is 0 Å². The summed E-state index contributed by atoms with van der Waals surface area (Å²) in [7, 11) is 0. The second-order valence-corrected chi connectivity index (χ2v) is 3.71. The molecule has 0 spiro atoms. The van der Waals surface area contributed by atoms with Crippen molar-refractivity contribution < 1.29 is 9.53 Å². The van der Waals surface area contributed by atoms with Crippen molar-refractivity contribution in [2.24, 2.45) is 0 Å². The lowest BCUT2D eigenvalue weighted by Gasteiger charge is -2.05. The second-order valence-electron chi connectivity index (χ2n) is 3.71. The van der Waals surface area contributed by atoms with Gasteiger partial charge in [0.25, 0.3) is 0 Å². The summed E-state index contributed by atoms with van der Waals surface area (Å²) in [6, 6.07) is 7.26. The number of hydrogen-bond acceptors (Lipinski definition) is 2. The van der Waals surface area contributed by atoms with Crippen molar-refractivity contribution in [3.8, 4) is 5.75 Å². The Balaban J connectivity index is 0.00000256. The van der Waals surface area contributed by atoms with Crippen LogP contribution < -0.4 is 4.74 Å². The molecule has 0 aliphatic carbocycles. The lowest BCUT2D eigenvalue weighted by Crippen LogP contribution is -1.98.